The normalized spacial score (nSPS) is 14.3. The molecule has 1 N–H and O–H groups in total. The van der Waals surface area contributed by atoms with Crippen LogP contribution in [0.2, 0.25) is 0 Å². The number of nitrogens with zero attached hydrogens (tertiary/aromatic N) is 1. The molecule has 0 fully saturated rings. The molecule has 0 aromatic carbocycles. The number of hydrogen-bond acceptors (Lipinski definition) is 3. The molecule has 0 saturated heterocycles. The maximum absolute atomic E-state index is 12.5. The monoisotopic (exact) mass is 292 g/mol. The van der Waals surface area contributed by atoms with E-state index in [1.54, 1.807) is 11.2 Å². The first-order valence-corrected chi connectivity index (χ1v) is 9.09. The molecule has 5 heteroatoms. The molecule has 0 heterocycles. The van der Waals surface area contributed by atoms with Crippen LogP contribution in [0.25, 0.3) is 0 Å². The lowest BCUT2D eigenvalue weighted by atomic mass is 10.2. The van der Waals surface area contributed by atoms with Crippen LogP contribution >= 0.6 is 0 Å². The van der Waals surface area contributed by atoms with Gasteiger partial charge >= 0.3 is 0 Å². The summed E-state index contributed by atoms with van der Waals surface area (Å²) in [5, 5.41) is 2.84. The molecule has 0 saturated carbocycles. The quantitative estimate of drug-likeness (QED) is 0.596. The molecule has 0 aliphatic carbocycles. The van der Waals surface area contributed by atoms with Crippen LogP contribution < -0.4 is 5.32 Å². The van der Waals surface area contributed by atoms with Crippen LogP contribution in [0.4, 0.5) is 0 Å². The van der Waals surface area contributed by atoms with E-state index in [1.165, 1.54) is 0 Å². The Labute approximate surface area is 120 Å². The van der Waals surface area contributed by atoms with Gasteiger partial charge in [-0.2, -0.15) is 4.31 Å². The molecule has 0 radical (unpaired) electrons. The van der Waals surface area contributed by atoms with E-state index in [1.807, 2.05) is 13.8 Å². The van der Waals surface area contributed by atoms with Gasteiger partial charge in [0.05, 0.1) is 5.25 Å². The van der Waals surface area contributed by atoms with Crippen molar-refractivity contribution in [3.05, 3.63) is 0 Å². The summed E-state index contributed by atoms with van der Waals surface area (Å²) in [5.74, 6) is 0. The average molecular weight is 292 g/mol. The number of nitrogens with one attached hydrogen (secondary N) is 1. The highest BCUT2D eigenvalue weighted by Crippen LogP contribution is 2.14. The second-order valence-corrected chi connectivity index (χ2v) is 7.77. The number of hydrogen-bond donors (Lipinski definition) is 1. The summed E-state index contributed by atoms with van der Waals surface area (Å²) in [6.45, 7) is 12.0. The zero-order chi connectivity index (χ0) is 14.9. The van der Waals surface area contributed by atoms with Crippen LogP contribution in [0, 0.1) is 0 Å². The van der Waals surface area contributed by atoms with Crippen molar-refractivity contribution in [3.63, 3.8) is 0 Å². The summed E-state index contributed by atoms with van der Waals surface area (Å²) >= 11 is 0. The molecular weight excluding hydrogens is 260 g/mol. The predicted molar refractivity (Wildman–Crippen MR) is 82.9 cm³/mol. The maximum atomic E-state index is 12.5. The van der Waals surface area contributed by atoms with Gasteiger partial charge in [-0.05, 0) is 40.2 Å². The summed E-state index contributed by atoms with van der Waals surface area (Å²) in [7, 11) is -3.19. The Hall–Kier alpha value is -0.130. The molecule has 0 rings (SSSR count). The Morgan fingerprint density at radius 2 is 1.68 bits per heavy atom. The van der Waals surface area contributed by atoms with Crippen molar-refractivity contribution in [3.8, 4) is 0 Å². The molecule has 0 aromatic heterocycles. The van der Waals surface area contributed by atoms with Gasteiger partial charge in [-0.3, -0.25) is 0 Å². The van der Waals surface area contributed by atoms with Crippen molar-refractivity contribution in [1.29, 1.82) is 0 Å². The minimum atomic E-state index is -3.19. The highest BCUT2D eigenvalue weighted by atomic mass is 32.2. The Kier molecular flexibility index (Phi) is 9.66. The van der Waals surface area contributed by atoms with Gasteiger partial charge in [0.25, 0.3) is 0 Å². The van der Waals surface area contributed by atoms with Gasteiger partial charge in [0.2, 0.25) is 10.0 Å². The molecule has 0 amide bonds. The van der Waals surface area contributed by atoms with Crippen molar-refractivity contribution < 1.29 is 8.42 Å². The highest BCUT2D eigenvalue weighted by molar-refractivity contribution is 7.89. The van der Waals surface area contributed by atoms with Crippen molar-refractivity contribution in [2.75, 3.05) is 19.6 Å². The predicted octanol–water partition coefficient (Wildman–Crippen LogP) is 2.60. The maximum Gasteiger partial charge on any atom is 0.218 e. The third kappa shape index (κ3) is 6.72. The molecule has 4 nitrogen and oxygen atoms in total. The van der Waals surface area contributed by atoms with E-state index in [-0.39, 0.29) is 11.3 Å². The van der Waals surface area contributed by atoms with Crippen molar-refractivity contribution in [2.45, 2.75) is 71.6 Å². The van der Waals surface area contributed by atoms with Gasteiger partial charge < -0.3 is 5.32 Å². The van der Waals surface area contributed by atoms with E-state index in [4.69, 9.17) is 0 Å². The molecule has 0 spiro atoms. The molecule has 0 bridgehead atoms. The number of unbranched alkanes of at least 4 members (excludes halogenated alkanes) is 2. The van der Waals surface area contributed by atoms with Crippen LogP contribution in [-0.4, -0.2) is 43.6 Å². The Morgan fingerprint density at radius 3 is 2.16 bits per heavy atom. The molecule has 0 aliphatic rings. The fourth-order valence-electron chi connectivity index (χ4n) is 2.02. The average Bonchev–Trinajstić information content (AvgIpc) is 2.34. The molecular formula is C14H32N2O2S. The minimum absolute atomic E-state index is 0.0375. The third-order valence-electron chi connectivity index (χ3n) is 3.25. The number of rotatable bonds is 11. The zero-order valence-electron chi connectivity index (χ0n) is 13.3. The summed E-state index contributed by atoms with van der Waals surface area (Å²) in [4.78, 5) is 0. The van der Waals surface area contributed by atoms with Crippen molar-refractivity contribution >= 4 is 10.0 Å². The molecule has 19 heavy (non-hydrogen) atoms. The molecule has 0 aliphatic heterocycles. The van der Waals surface area contributed by atoms with Gasteiger partial charge in [-0.1, -0.05) is 26.7 Å². The first kappa shape index (κ1) is 18.9. The van der Waals surface area contributed by atoms with E-state index in [9.17, 15) is 8.42 Å². The van der Waals surface area contributed by atoms with Gasteiger partial charge in [-0.25, -0.2) is 8.42 Å². The summed E-state index contributed by atoms with van der Waals surface area (Å²) < 4.78 is 26.8. The van der Waals surface area contributed by atoms with Gasteiger partial charge in [0.1, 0.15) is 0 Å². The topological polar surface area (TPSA) is 49.4 Å². The zero-order valence-corrected chi connectivity index (χ0v) is 14.1. The highest BCUT2D eigenvalue weighted by Gasteiger charge is 2.29. The molecule has 0 aromatic rings. The first-order valence-electron chi connectivity index (χ1n) is 7.59. The lowest BCUT2D eigenvalue weighted by molar-refractivity contribution is 0.340. The Bertz CT molecular complexity index is 315. The SMILES string of the molecule is CCCCCN(C(C)C)S(=O)(=O)C(C)CNCCC. The first-order chi connectivity index (χ1) is 8.87. The second kappa shape index (κ2) is 9.72. The summed E-state index contributed by atoms with van der Waals surface area (Å²) in [6, 6.07) is 0.0375. The number of sulfonamides is 1. The minimum Gasteiger partial charge on any atom is -0.315 e. The fraction of sp³-hybridized carbons (Fsp3) is 1.00. The van der Waals surface area contributed by atoms with E-state index in [0.29, 0.717) is 13.1 Å². The standard InChI is InChI=1S/C14H32N2O2S/c1-6-8-9-11-16(13(3)4)19(17,18)14(5)12-15-10-7-2/h13-15H,6-12H2,1-5H3. The second-order valence-electron chi connectivity index (χ2n) is 5.47. The van der Waals surface area contributed by atoms with Crippen molar-refractivity contribution in [2.24, 2.45) is 0 Å². The van der Waals surface area contributed by atoms with Crippen molar-refractivity contribution in [1.82, 2.24) is 9.62 Å². The van der Waals surface area contributed by atoms with E-state index < -0.39 is 10.0 Å². The summed E-state index contributed by atoms with van der Waals surface area (Å²) in [5.41, 5.74) is 0. The van der Waals surface area contributed by atoms with E-state index in [0.717, 1.165) is 32.2 Å². The van der Waals surface area contributed by atoms with E-state index in [2.05, 4.69) is 19.2 Å². The van der Waals surface area contributed by atoms with Gasteiger partial charge in [0, 0.05) is 19.1 Å². The van der Waals surface area contributed by atoms with Crippen LogP contribution in [0.5, 0.6) is 0 Å². The lowest BCUT2D eigenvalue weighted by Crippen LogP contribution is -2.45. The van der Waals surface area contributed by atoms with E-state index >= 15 is 0 Å². The fourth-order valence-corrected chi connectivity index (χ4v) is 3.78. The van der Waals surface area contributed by atoms with Crippen LogP contribution in [0.3, 0.4) is 0 Å². The molecule has 1 atom stereocenters. The molecule has 116 valence electrons. The Morgan fingerprint density at radius 1 is 1.05 bits per heavy atom. The molecule has 1 unspecified atom stereocenters. The van der Waals surface area contributed by atoms with Gasteiger partial charge in [-0.15, -0.1) is 0 Å². The summed E-state index contributed by atoms with van der Waals surface area (Å²) in [6.07, 6.45) is 4.17. The van der Waals surface area contributed by atoms with Crippen LogP contribution in [0.1, 0.15) is 60.3 Å². The third-order valence-corrected chi connectivity index (χ3v) is 5.69. The van der Waals surface area contributed by atoms with Gasteiger partial charge in [0.15, 0.2) is 0 Å². The lowest BCUT2D eigenvalue weighted by Gasteiger charge is -2.29. The van der Waals surface area contributed by atoms with Crippen LogP contribution in [-0.2, 0) is 10.0 Å². The Balaban J connectivity index is 4.59. The largest absolute Gasteiger partial charge is 0.315 e. The van der Waals surface area contributed by atoms with Crippen LogP contribution in [0.15, 0.2) is 0 Å². The smallest absolute Gasteiger partial charge is 0.218 e.